The van der Waals surface area contributed by atoms with E-state index < -0.39 is 5.97 Å². The fourth-order valence-electron chi connectivity index (χ4n) is 1.74. The minimum atomic E-state index is -1.13. The van der Waals surface area contributed by atoms with Crippen LogP contribution in [0.5, 0.6) is 0 Å². The average molecular weight is 224 g/mol. The number of anilines is 2. The molecule has 0 saturated carbocycles. The van der Waals surface area contributed by atoms with Gasteiger partial charge in [-0.2, -0.15) is 0 Å². The fraction of sp³-hybridized carbons (Fsp3) is 0.400. The molecule has 86 valence electrons. The number of amides is 1. The zero-order chi connectivity index (χ0) is 11.9. The molecule has 0 saturated heterocycles. The number of carbonyl (C=O) groups is 2. The summed E-state index contributed by atoms with van der Waals surface area (Å²) in [5.74, 6) is -0.970. The Bertz CT molecular complexity index is 452. The second-order valence-electron chi connectivity index (χ2n) is 3.70. The number of fused-ring (bicyclic) bond motifs is 1. The molecule has 0 aliphatic carbocycles. The van der Waals surface area contributed by atoms with Crippen LogP contribution in [0.25, 0.3) is 0 Å². The number of likely N-dealkylation sites (N-methyl/N-ethyl adjacent to an activating group) is 1. The van der Waals surface area contributed by atoms with Gasteiger partial charge in [-0.25, -0.2) is 4.79 Å². The molecule has 0 bridgehead atoms. The van der Waals surface area contributed by atoms with Crippen LogP contribution in [0.2, 0.25) is 0 Å². The van der Waals surface area contributed by atoms with Crippen LogP contribution in [0.3, 0.4) is 0 Å². The van der Waals surface area contributed by atoms with Crippen molar-refractivity contribution in [1.82, 2.24) is 0 Å². The summed E-state index contributed by atoms with van der Waals surface area (Å²) < 4.78 is 5.19. The summed E-state index contributed by atoms with van der Waals surface area (Å²) in [6.45, 7) is 2.61. The topological polar surface area (TPSA) is 74.0 Å². The summed E-state index contributed by atoms with van der Waals surface area (Å²) in [6, 6.07) is 1.38. The van der Waals surface area contributed by atoms with E-state index in [1.807, 2.05) is 0 Å². The summed E-state index contributed by atoms with van der Waals surface area (Å²) in [5.41, 5.74) is 0.527. The molecule has 1 amide bonds. The first-order valence-corrected chi connectivity index (χ1v) is 4.87. The zero-order valence-electron chi connectivity index (χ0n) is 9.06. The molecule has 0 aromatic carbocycles. The van der Waals surface area contributed by atoms with Gasteiger partial charge in [-0.15, -0.1) is 0 Å². The van der Waals surface area contributed by atoms with E-state index in [0.717, 1.165) is 0 Å². The molecule has 6 nitrogen and oxygen atoms in total. The molecule has 0 unspecified atom stereocenters. The number of hydrogen-bond acceptors (Lipinski definition) is 4. The maximum Gasteiger partial charge on any atom is 0.371 e. The molecule has 1 N–H and O–H groups in total. The van der Waals surface area contributed by atoms with Gasteiger partial charge < -0.3 is 19.3 Å². The highest BCUT2D eigenvalue weighted by atomic mass is 16.4. The number of nitrogens with zero attached hydrogens (tertiary/aromatic N) is 2. The highest BCUT2D eigenvalue weighted by molar-refractivity contribution is 5.97. The van der Waals surface area contributed by atoms with E-state index >= 15 is 0 Å². The normalized spacial score (nSPS) is 14.9. The van der Waals surface area contributed by atoms with Gasteiger partial charge >= 0.3 is 5.97 Å². The molecule has 1 aliphatic rings. The summed E-state index contributed by atoms with van der Waals surface area (Å²) in [6.07, 6.45) is 0. The van der Waals surface area contributed by atoms with Crippen LogP contribution in [-0.2, 0) is 4.79 Å². The smallest absolute Gasteiger partial charge is 0.371 e. The Kier molecular flexibility index (Phi) is 2.34. The van der Waals surface area contributed by atoms with Gasteiger partial charge in [0.25, 0.3) is 0 Å². The lowest BCUT2D eigenvalue weighted by Gasteiger charge is -2.30. The highest BCUT2D eigenvalue weighted by Gasteiger charge is 2.29. The molecule has 16 heavy (non-hydrogen) atoms. The molecule has 1 aromatic heterocycles. The molecule has 2 rings (SSSR count). The number of rotatable bonds is 1. The van der Waals surface area contributed by atoms with Gasteiger partial charge in [0, 0.05) is 33.1 Å². The van der Waals surface area contributed by atoms with Crippen molar-refractivity contribution in [2.75, 3.05) is 29.9 Å². The number of aromatic carboxylic acids is 1. The van der Waals surface area contributed by atoms with E-state index in [1.165, 1.54) is 17.9 Å². The lowest BCUT2D eigenvalue weighted by Crippen LogP contribution is -2.40. The van der Waals surface area contributed by atoms with Gasteiger partial charge in [-0.3, -0.25) is 4.79 Å². The van der Waals surface area contributed by atoms with E-state index in [0.29, 0.717) is 24.7 Å². The van der Waals surface area contributed by atoms with E-state index in [4.69, 9.17) is 9.52 Å². The Hall–Kier alpha value is -1.98. The van der Waals surface area contributed by atoms with Crippen LogP contribution >= 0.6 is 0 Å². The number of carboxylic acid groups (broad SMARTS) is 1. The van der Waals surface area contributed by atoms with Gasteiger partial charge in [0.05, 0.1) is 0 Å². The third-order valence-corrected chi connectivity index (χ3v) is 2.58. The molecular weight excluding hydrogens is 212 g/mol. The summed E-state index contributed by atoms with van der Waals surface area (Å²) in [4.78, 5) is 25.5. The quantitative estimate of drug-likeness (QED) is 0.763. The molecule has 0 spiro atoms. The maximum absolute atomic E-state index is 11.4. The number of carboxylic acids is 1. The number of furan rings is 1. The van der Waals surface area contributed by atoms with Crippen molar-refractivity contribution < 1.29 is 19.1 Å². The first-order chi connectivity index (χ1) is 7.50. The third kappa shape index (κ3) is 1.52. The number of carbonyl (C=O) groups excluding carboxylic acids is 1. The summed E-state index contributed by atoms with van der Waals surface area (Å²) in [5, 5.41) is 8.83. The van der Waals surface area contributed by atoms with Crippen molar-refractivity contribution in [1.29, 1.82) is 0 Å². The van der Waals surface area contributed by atoms with Gasteiger partial charge in [-0.1, -0.05) is 0 Å². The van der Waals surface area contributed by atoms with Gasteiger partial charge in [0.15, 0.2) is 0 Å². The molecule has 2 heterocycles. The van der Waals surface area contributed by atoms with Crippen molar-refractivity contribution in [3.05, 3.63) is 11.8 Å². The second kappa shape index (κ2) is 3.55. The van der Waals surface area contributed by atoms with Crippen molar-refractivity contribution in [3.63, 3.8) is 0 Å². The lowest BCUT2D eigenvalue weighted by molar-refractivity contribution is -0.116. The van der Waals surface area contributed by atoms with Crippen molar-refractivity contribution in [2.45, 2.75) is 6.92 Å². The first-order valence-electron chi connectivity index (χ1n) is 4.87. The SMILES string of the molecule is CC(=O)N1CCN(C)c2oc(C(=O)O)cc21. The highest BCUT2D eigenvalue weighted by Crippen LogP contribution is 2.35. The van der Waals surface area contributed by atoms with Gasteiger partial charge in [0.1, 0.15) is 5.69 Å². The zero-order valence-corrected chi connectivity index (χ0v) is 9.06. The van der Waals surface area contributed by atoms with Crippen LogP contribution in [0.1, 0.15) is 17.5 Å². The van der Waals surface area contributed by atoms with E-state index in [-0.39, 0.29) is 11.7 Å². The van der Waals surface area contributed by atoms with Gasteiger partial charge in [0.2, 0.25) is 17.6 Å². The molecule has 0 radical (unpaired) electrons. The average Bonchev–Trinajstić information content (AvgIpc) is 2.62. The van der Waals surface area contributed by atoms with Crippen molar-refractivity contribution >= 4 is 23.4 Å². The van der Waals surface area contributed by atoms with E-state index in [9.17, 15) is 9.59 Å². The monoisotopic (exact) mass is 224 g/mol. The predicted octanol–water partition coefficient (Wildman–Crippen LogP) is 0.780. The fourth-order valence-corrected chi connectivity index (χ4v) is 1.74. The molecule has 6 heteroatoms. The molecular formula is C10H12N2O4. The largest absolute Gasteiger partial charge is 0.475 e. The molecule has 0 fully saturated rings. The minimum absolute atomic E-state index is 0.118. The van der Waals surface area contributed by atoms with Crippen LogP contribution in [0.4, 0.5) is 11.6 Å². The van der Waals surface area contributed by atoms with Crippen LogP contribution in [0.15, 0.2) is 10.5 Å². The Morgan fingerprint density at radius 1 is 1.44 bits per heavy atom. The standard InChI is InChI=1S/C10H12N2O4/c1-6(13)12-4-3-11(2)9-7(12)5-8(16-9)10(14)15/h5H,3-4H2,1-2H3,(H,14,15). The summed E-state index contributed by atoms with van der Waals surface area (Å²) in [7, 11) is 1.80. The molecule has 0 atom stereocenters. The Labute approximate surface area is 92.0 Å². The van der Waals surface area contributed by atoms with E-state index in [2.05, 4.69) is 0 Å². The maximum atomic E-state index is 11.4. The van der Waals surface area contributed by atoms with Crippen LogP contribution < -0.4 is 9.80 Å². The Balaban J connectivity index is 2.48. The van der Waals surface area contributed by atoms with E-state index in [1.54, 1.807) is 11.9 Å². The van der Waals surface area contributed by atoms with Crippen LogP contribution in [-0.4, -0.2) is 37.1 Å². The Morgan fingerprint density at radius 3 is 2.69 bits per heavy atom. The minimum Gasteiger partial charge on any atom is -0.475 e. The predicted molar refractivity (Wildman–Crippen MR) is 57.0 cm³/mol. The van der Waals surface area contributed by atoms with Crippen LogP contribution in [0, 0.1) is 0 Å². The first kappa shape index (κ1) is 10.5. The summed E-state index contributed by atoms with van der Waals surface area (Å²) >= 11 is 0. The van der Waals surface area contributed by atoms with Crippen molar-refractivity contribution in [3.8, 4) is 0 Å². The number of hydrogen-bond donors (Lipinski definition) is 1. The lowest BCUT2D eigenvalue weighted by atomic mass is 10.3. The van der Waals surface area contributed by atoms with Crippen molar-refractivity contribution in [2.24, 2.45) is 0 Å². The van der Waals surface area contributed by atoms with Gasteiger partial charge in [-0.05, 0) is 0 Å². The molecule has 1 aliphatic heterocycles. The Morgan fingerprint density at radius 2 is 2.12 bits per heavy atom. The second-order valence-corrected chi connectivity index (χ2v) is 3.70. The molecule has 1 aromatic rings. The third-order valence-electron chi connectivity index (χ3n) is 2.58.